The summed E-state index contributed by atoms with van der Waals surface area (Å²) in [6, 6.07) is 23.7. The zero-order valence-electron chi connectivity index (χ0n) is 14.0. The Morgan fingerprint density at radius 2 is 1.69 bits per heavy atom. The molecule has 0 atom stereocenters. The van der Waals surface area contributed by atoms with Gasteiger partial charge in [-0.1, -0.05) is 58.4 Å². The molecule has 0 radical (unpaired) electrons. The van der Waals surface area contributed by atoms with E-state index in [1.807, 2.05) is 6.07 Å². The Morgan fingerprint density at radius 3 is 2.50 bits per heavy atom. The minimum atomic E-state index is -0.180. The number of rotatable bonds is 5. The smallest absolute Gasteiger partial charge is 0.123 e. The second-order valence-electron chi connectivity index (χ2n) is 6.18. The lowest BCUT2D eigenvalue weighted by Gasteiger charge is -2.05. The van der Waals surface area contributed by atoms with Gasteiger partial charge in [0.25, 0.3) is 0 Å². The lowest BCUT2D eigenvalue weighted by atomic mass is 10.2. The molecule has 3 aromatic carbocycles. The van der Waals surface area contributed by atoms with Crippen molar-refractivity contribution in [3.8, 4) is 0 Å². The van der Waals surface area contributed by atoms with Crippen molar-refractivity contribution < 1.29 is 4.39 Å². The molecule has 0 spiro atoms. The summed E-state index contributed by atoms with van der Waals surface area (Å²) >= 11 is 5.24. The first-order valence-electron chi connectivity index (χ1n) is 8.38. The molecule has 4 heteroatoms. The quantitative estimate of drug-likeness (QED) is 0.315. The highest BCUT2D eigenvalue weighted by Gasteiger charge is 2.09. The van der Waals surface area contributed by atoms with Gasteiger partial charge in [0.1, 0.15) is 5.82 Å². The topological polar surface area (TPSA) is 4.93 Å². The maximum absolute atomic E-state index is 13.4. The van der Waals surface area contributed by atoms with Crippen LogP contribution in [0, 0.1) is 5.82 Å². The number of para-hydroxylation sites is 1. The van der Waals surface area contributed by atoms with E-state index >= 15 is 0 Å². The number of fused-ring (bicyclic) bond motifs is 1. The van der Waals surface area contributed by atoms with Gasteiger partial charge in [0.05, 0.1) is 0 Å². The Morgan fingerprint density at radius 1 is 0.885 bits per heavy atom. The van der Waals surface area contributed by atoms with Crippen LogP contribution in [-0.4, -0.2) is 4.57 Å². The second kappa shape index (κ2) is 7.68. The molecular formula is C22H17BrFNS. The molecule has 0 saturated heterocycles. The summed E-state index contributed by atoms with van der Waals surface area (Å²) in [6.45, 7) is 0.828. The Bertz CT molecular complexity index is 1040. The third kappa shape index (κ3) is 3.87. The Balaban J connectivity index is 1.62. The highest BCUT2D eigenvalue weighted by molar-refractivity contribution is 9.10. The molecule has 0 N–H and O–H groups in total. The normalized spacial score (nSPS) is 11.2. The van der Waals surface area contributed by atoms with Crippen LogP contribution < -0.4 is 0 Å². The molecule has 0 fully saturated rings. The van der Waals surface area contributed by atoms with Crippen molar-refractivity contribution in [3.63, 3.8) is 0 Å². The molecule has 130 valence electrons. The van der Waals surface area contributed by atoms with E-state index < -0.39 is 0 Å². The number of aromatic nitrogens is 1. The Kier molecular flexibility index (Phi) is 5.14. The average molecular weight is 426 g/mol. The van der Waals surface area contributed by atoms with Gasteiger partial charge in [-0.3, -0.25) is 0 Å². The molecule has 1 aromatic heterocycles. The van der Waals surface area contributed by atoms with Crippen LogP contribution in [0.4, 0.5) is 4.39 Å². The van der Waals surface area contributed by atoms with Gasteiger partial charge in [0, 0.05) is 38.8 Å². The van der Waals surface area contributed by atoms with Crippen molar-refractivity contribution >= 4 is 38.6 Å². The van der Waals surface area contributed by atoms with Crippen LogP contribution in [0.15, 0.2) is 88.4 Å². The van der Waals surface area contributed by atoms with E-state index in [1.165, 1.54) is 27.4 Å². The van der Waals surface area contributed by atoms with E-state index in [1.54, 1.807) is 23.9 Å². The summed E-state index contributed by atoms with van der Waals surface area (Å²) in [6.07, 6.45) is 2.21. The van der Waals surface area contributed by atoms with Gasteiger partial charge in [-0.2, -0.15) is 0 Å². The van der Waals surface area contributed by atoms with Gasteiger partial charge < -0.3 is 4.57 Å². The molecule has 0 aliphatic rings. The average Bonchev–Trinajstić information content (AvgIpc) is 3.00. The van der Waals surface area contributed by atoms with Crippen LogP contribution in [0.25, 0.3) is 10.9 Å². The fourth-order valence-corrected chi connectivity index (χ4v) is 4.33. The number of thioether (sulfide) groups is 1. The molecule has 0 aliphatic carbocycles. The molecule has 0 amide bonds. The van der Waals surface area contributed by atoms with E-state index in [4.69, 9.17) is 0 Å². The number of benzene rings is 3. The van der Waals surface area contributed by atoms with Gasteiger partial charge in [-0.15, -0.1) is 11.8 Å². The lowest BCUT2D eigenvalue weighted by Crippen LogP contribution is -1.97. The van der Waals surface area contributed by atoms with Crippen molar-refractivity contribution in [2.75, 3.05) is 0 Å². The molecule has 26 heavy (non-hydrogen) atoms. The van der Waals surface area contributed by atoms with Crippen molar-refractivity contribution in [3.05, 3.63) is 100 Å². The van der Waals surface area contributed by atoms with Crippen molar-refractivity contribution in [1.82, 2.24) is 4.57 Å². The molecule has 1 nitrogen and oxygen atoms in total. The van der Waals surface area contributed by atoms with Crippen molar-refractivity contribution in [2.45, 2.75) is 17.2 Å². The third-order valence-electron chi connectivity index (χ3n) is 4.30. The number of hydrogen-bond donors (Lipinski definition) is 0. The third-order valence-corrected chi connectivity index (χ3v) is 5.94. The summed E-state index contributed by atoms with van der Waals surface area (Å²) in [5.74, 6) is 0.574. The maximum atomic E-state index is 13.4. The van der Waals surface area contributed by atoms with E-state index in [-0.39, 0.29) is 5.82 Å². The number of hydrogen-bond acceptors (Lipinski definition) is 1. The van der Waals surface area contributed by atoms with Gasteiger partial charge in [-0.05, 0) is 41.5 Å². The molecule has 0 unspecified atom stereocenters. The van der Waals surface area contributed by atoms with Crippen molar-refractivity contribution in [1.29, 1.82) is 0 Å². The largest absolute Gasteiger partial charge is 0.342 e. The summed E-state index contributed by atoms with van der Waals surface area (Å²) in [7, 11) is 0. The van der Waals surface area contributed by atoms with E-state index in [0.717, 1.165) is 22.3 Å². The van der Waals surface area contributed by atoms with Crippen LogP contribution >= 0.6 is 27.7 Å². The minimum Gasteiger partial charge on any atom is -0.342 e. The fourth-order valence-electron chi connectivity index (χ4n) is 3.03. The zero-order valence-corrected chi connectivity index (χ0v) is 16.4. The predicted octanol–water partition coefficient (Wildman–Crippen LogP) is 6.88. The number of halogens is 2. The molecule has 0 saturated carbocycles. The standard InChI is InChI=1S/C22H17BrFNS/c23-18-10-8-16(9-11-18)13-25-14-22(20-6-1-2-7-21(20)25)26-15-17-4-3-5-19(24)12-17/h1-12,14H,13,15H2. The second-order valence-corrected chi connectivity index (χ2v) is 8.12. The molecule has 1 heterocycles. The zero-order chi connectivity index (χ0) is 17.9. The van der Waals surface area contributed by atoms with Gasteiger partial charge in [-0.25, -0.2) is 4.39 Å². The van der Waals surface area contributed by atoms with Crippen LogP contribution in [0.1, 0.15) is 11.1 Å². The SMILES string of the molecule is Fc1cccc(CSc2cn(Cc3ccc(Br)cc3)c3ccccc23)c1. The Hall–Kier alpha value is -2.04. The van der Waals surface area contributed by atoms with Crippen molar-refractivity contribution in [2.24, 2.45) is 0 Å². The molecular weight excluding hydrogens is 409 g/mol. The summed E-state index contributed by atoms with van der Waals surface area (Å²) in [4.78, 5) is 1.22. The van der Waals surface area contributed by atoms with Gasteiger partial charge in [0.15, 0.2) is 0 Å². The van der Waals surface area contributed by atoms with Gasteiger partial charge in [0.2, 0.25) is 0 Å². The first-order chi connectivity index (χ1) is 12.7. The van der Waals surface area contributed by atoms with E-state index in [0.29, 0.717) is 0 Å². The lowest BCUT2D eigenvalue weighted by molar-refractivity contribution is 0.626. The first-order valence-corrected chi connectivity index (χ1v) is 10.2. The molecule has 4 aromatic rings. The highest BCUT2D eigenvalue weighted by Crippen LogP contribution is 2.32. The van der Waals surface area contributed by atoms with Crippen LogP contribution in [0.2, 0.25) is 0 Å². The van der Waals surface area contributed by atoms with Crippen LogP contribution in [-0.2, 0) is 12.3 Å². The highest BCUT2D eigenvalue weighted by atomic mass is 79.9. The summed E-state index contributed by atoms with van der Waals surface area (Å²) in [5, 5.41) is 1.24. The van der Waals surface area contributed by atoms with E-state index in [2.05, 4.69) is 75.2 Å². The minimum absolute atomic E-state index is 0.180. The molecule has 0 aliphatic heterocycles. The number of nitrogens with zero attached hydrogens (tertiary/aromatic N) is 1. The van der Waals surface area contributed by atoms with Gasteiger partial charge >= 0.3 is 0 Å². The molecule has 4 rings (SSSR count). The maximum Gasteiger partial charge on any atom is 0.123 e. The predicted molar refractivity (Wildman–Crippen MR) is 111 cm³/mol. The van der Waals surface area contributed by atoms with Crippen LogP contribution in [0.5, 0.6) is 0 Å². The van der Waals surface area contributed by atoms with E-state index in [9.17, 15) is 4.39 Å². The van der Waals surface area contributed by atoms with Crippen LogP contribution in [0.3, 0.4) is 0 Å². The fraction of sp³-hybridized carbons (Fsp3) is 0.0909. The Labute approximate surface area is 165 Å². The summed E-state index contributed by atoms with van der Waals surface area (Å²) < 4.78 is 16.8. The summed E-state index contributed by atoms with van der Waals surface area (Å²) in [5.41, 5.74) is 3.48. The monoisotopic (exact) mass is 425 g/mol. The molecule has 0 bridgehead atoms. The first kappa shape index (κ1) is 17.4.